The van der Waals surface area contributed by atoms with Crippen LogP contribution in [0.25, 0.3) is 0 Å². The number of hydrogen-bond acceptors (Lipinski definition) is 4. The lowest BCUT2D eigenvalue weighted by Crippen LogP contribution is -2.11. The highest BCUT2D eigenvalue weighted by Gasteiger charge is 2.25. The van der Waals surface area contributed by atoms with Crippen molar-refractivity contribution < 1.29 is 14.3 Å². The van der Waals surface area contributed by atoms with Crippen molar-refractivity contribution in [1.82, 2.24) is 10.3 Å². The van der Waals surface area contributed by atoms with E-state index in [4.69, 9.17) is 4.74 Å². The fourth-order valence-corrected chi connectivity index (χ4v) is 2.86. The molecule has 0 fully saturated rings. The number of aromatic nitrogens is 1. The summed E-state index contributed by atoms with van der Waals surface area (Å²) in [6, 6.07) is 7.19. The van der Waals surface area contributed by atoms with Crippen LogP contribution in [-0.2, 0) is 11.3 Å². The van der Waals surface area contributed by atoms with Crippen LogP contribution in [0.3, 0.4) is 0 Å². The zero-order valence-corrected chi connectivity index (χ0v) is 14.9. The molecule has 2 N–H and O–H groups in total. The second kappa shape index (κ2) is 7.57. The fourth-order valence-electron chi connectivity index (χ4n) is 2.46. The summed E-state index contributed by atoms with van der Waals surface area (Å²) in [7, 11) is 1.79. The van der Waals surface area contributed by atoms with Crippen LogP contribution in [0.15, 0.2) is 28.7 Å². The molecule has 0 saturated carbocycles. The Hall–Kier alpha value is -1.92. The van der Waals surface area contributed by atoms with Gasteiger partial charge in [-0.3, -0.25) is 4.79 Å². The number of ketones is 1. The van der Waals surface area contributed by atoms with Crippen LogP contribution >= 0.6 is 15.9 Å². The smallest absolute Gasteiger partial charge is 0.355 e. The zero-order chi connectivity index (χ0) is 17.0. The fraction of sp³-hybridized carbons (Fsp3) is 0.294. The van der Waals surface area contributed by atoms with Gasteiger partial charge in [-0.15, -0.1) is 0 Å². The number of rotatable bonds is 6. The number of nitrogens with one attached hydrogen (secondary N) is 2. The predicted molar refractivity (Wildman–Crippen MR) is 91.8 cm³/mol. The molecule has 0 atom stereocenters. The van der Waals surface area contributed by atoms with E-state index in [1.165, 1.54) is 0 Å². The molecule has 122 valence electrons. The minimum Gasteiger partial charge on any atom is -0.461 e. The number of ether oxygens (including phenoxy) is 1. The minimum absolute atomic E-state index is 0.124. The van der Waals surface area contributed by atoms with Crippen molar-refractivity contribution in [3.63, 3.8) is 0 Å². The Morgan fingerprint density at radius 1 is 1.35 bits per heavy atom. The Morgan fingerprint density at radius 3 is 2.70 bits per heavy atom. The van der Waals surface area contributed by atoms with Crippen molar-refractivity contribution in [3.8, 4) is 0 Å². The van der Waals surface area contributed by atoms with E-state index in [-0.39, 0.29) is 12.4 Å². The Balaban J connectivity index is 2.51. The quantitative estimate of drug-likeness (QED) is 0.597. The highest BCUT2D eigenvalue weighted by molar-refractivity contribution is 9.10. The van der Waals surface area contributed by atoms with E-state index in [1.54, 1.807) is 33.0 Å². The molecule has 6 heteroatoms. The number of carbonyl (C=O) groups is 2. The van der Waals surface area contributed by atoms with Crippen molar-refractivity contribution in [1.29, 1.82) is 0 Å². The Bertz CT molecular complexity index is 737. The van der Waals surface area contributed by atoms with Gasteiger partial charge in [-0.25, -0.2) is 4.79 Å². The molecule has 5 nitrogen and oxygen atoms in total. The molecular formula is C17H19BrN2O3. The lowest BCUT2D eigenvalue weighted by Gasteiger charge is -2.05. The van der Waals surface area contributed by atoms with Crippen molar-refractivity contribution in [2.24, 2.45) is 0 Å². The number of carbonyl (C=O) groups excluding carboxylic acids is 2. The van der Waals surface area contributed by atoms with Crippen LogP contribution in [0, 0.1) is 6.92 Å². The van der Waals surface area contributed by atoms with E-state index in [1.807, 2.05) is 12.1 Å². The summed E-state index contributed by atoms with van der Waals surface area (Å²) in [5.41, 5.74) is 2.70. The highest BCUT2D eigenvalue weighted by atomic mass is 79.9. The van der Waals surface area contributed by atoms with Gasteiger partial charge in [0.05, 0.1) is 6.61 Å². The summed E-state index contributed by atoms with van der Waals surface area (Å²) < 4.78 is 5.88. The van der Waals surface area contributed by atoms with E-state index in [0.29, 0.717) is 34.6 Å². The molecule has 0 aliphatic rings. The third-order valence-corrected chi connectivity index (χ3v) is 3.97. The maximum absolute atomic E-state index is 12.9. The molecule has 1 aromatic carbocycles. The van der Waals surface area contributed by atoms with E-state index in [9.17, 15) is 9.59 Å². The SMILES string of the molecule is CCOC(=O)c1[nH]c(CNC)c(C(=O)c2cccc(Br)c2)c1C. The van der Waals surface area contributed by atoms with Crippen LogP contribution in [0.5, 0.6) is 0 Å². The summed E-state index contributed by atoms with van der Waals surface area (Å²) in [4.78, 5) is 28.0. The largest absolute Gasteiger partial charge is 0.461 e. The summed E-state index contributed by atoms with van der Waals surface area (Å²) in [6.45, 7) is 4.24. The molecule has 0 aliphatic heterocycles. The van der Waals surface area contributed by atoms with Gasteiger partial charge in [0.15, 0.2) is 5.78 Å². The average molecular weight is 379 g/mol. The average Bonchev–Trinajstić information content (AvgIpc) is 2.84. The molecular weight excluding hydrogens is 360 g/mol. The summed E-state index contributed by atoms with van der Waals surface area (Å²) in [5, 5.41) is 3.01. The number of H-pyrrole nitrogens is 1. The van der Waals surface area contributed by atoms with Gasteiger partial charge in [0.1, 0.15) is 5.69 Å². The third kappa shape index (κ3) is 3.71. The first kappa shape index (κ1) is 17.4. The number of aromatic amines is 1. The first-order valence-electron chi connectivity index (χ1n) is 7.33. The van der Waals surface area contributed by atoms with E-state index in [0.717, 1.165) is 4.47 Å². The van der Waals surface area contributed by atoms with Gasteiger partial charge in [0.25, 0.3) is 0 Å². The Labute approximate surface area is 143 Å². The zero-order valence-electron chi connectivity index (χ0n) is 13.3. The Kier molecular flexibility index (Phi) is 5.74. The predicted octanol–water partition coefficient (Wildman–Crippen LogP) is 3.21. The van der Waals surface area contributed by atoms with Crippen molar-refractivity contribution >= 4 is 27.7 Å². The van der Waals surface area contributed by atoms with Crippen LogP contribution < -0.4 is 5.32 Å². The monoisotopic (exact) mass is 378 g/mol. The van der Waals surface area contributed by atoms with Gasteiger partial charge < -0.3 is 15.0 Å². The van der Waals surface area contributed by atoms with Gasteiger partial charge in [-0.2, -0.15) is 0 Å². The Morgan fingerprint density at radius 2 is 2.09 bits per heavy atom. The second-order valence-electron chi connectivity index (χ2n) is 5.07. The molecule has 1 aromatic heterocycles. The van der Waals surface area contributed by atoms with Crippen molar-refractivity contribution in [2.45, 2.75) is 20.4 Å². The third-order valence-electron chi connectivity index (χ3n) is 3.47. The van der Waals surface area contributed by atoms with Crippen LogP contribution in [-0.4, -0.2) is 30.4 Å². The number of benzene rings is 1. The maximum Gasteiger partial charge on any atom is 0.355 e. The molecule has 2 rings (SSSR count). The molecule has 0 spiro atoms. The lowest BCUT2D eigenvalue weighted by molar-refractivity contribution is 0.0519. The second-order valence-corrected chi connectivity index (χ2v) is 5.98. The molecule has 0 radical (unpaired) electrons. The van der Waals surface area contributed by atoms with Crippen LogP contribution in [0.4, 0.5) is 0 Å². The first-order chi connectivity index (χ1) is 11.0. The van der Waals surface area contributed by atoms with Gasteiger partial charge in [-0.05, 0) is 38.6 Å². The van der Waals surface area contributed by atoms with E-state index in [2.05, 4.69) is 26.2 Å². The number of halogens is 1. The summed E-state index contributed by atoms with van der Waals surface area (Å²) in [6.07, 6.45) is 0. The topological polar surface area (TPSA) is 71.2 Å². The van der Waals surface area contributed by atoms with Gasteiger partial charge >= 0.3 is 5.97 Å². The van der Waals surface area contributed by atoms with Crippen LogP contribution in [0.2, 0.25) is 0 Å². The van der Waals surface area contributed by atoms with E-state index < -0.39 is 5.97 Å². The molecule has 1 heterocycles. The van der Waals surface area contributed by atoms with Crippen molar-refractivity contribution in [3.05, 3.63) is 56.8 Å². The molecule has 0 amide bonds. The number of hydrogen-bond donors (Lipinski definition) is 2. The highest BCUT2D eigenvalue weighted by Crippen LogP contribution is 2.24. The molecule has 0 unspecified atom stereocenters. The molecule has 0 saturated heterocycles. The molecule has 0 bridgehead atoms. The van der Waals surface area contributed by atoms with Gasteiger partial charge in [0, 0.05) is 27.8 Å². The van der Waals surface area contributed by atoms with Gasteiger partial charge in [0.2, 0.25) is 0 Å². The van der Waals surface area contributed by atoms with E-state index >= 15 is 0 Å². The normalized spacial score (nSPS) is 10.6. The maximum atomic E-state index is 12.9. The molecule has 2 aromatic rings. The van der Waals surface area contributed by atoms with Gasteiger partial charge in [-0.1, -0.05) is 28.1 Å². The number of esters is 1. The summed E-state index contributed by atoms with van der Waals surface area (Å²) >= 11 is 3.37. The summed E-state index contributed by atoms with van der Waals surface area (Å²) in [5.74, 6) is -0.573. The molecule has 0 aliphatic carbocycles. The first-order valence-corrected chi connectivity index (χ1v) is 8.12. The van der Waals surface area contributed by atoms with Crippen molar-refractivity contribution in [2.75, 3.05) is 13.7 Å². The molecule has 23 heavy (non-hydrogen) atoms. The standard InChI is InChI=1S/C17H19BrN2O3/c1-4-23-17(22)15-10(2)14(13(20-15)9-19-3)16(21)11-6-5-7-12(18)8-11/h5-8,19-20H,4,9H2,1-3H3. The lowest BCUT2D eigenvalue weighted by atomic mass is 9.99. The minimum atomic E-state index is -0.448. The van der Waals surface area contributed by atoms with Crippen LogP contribution in [0.1, 0.15) is 44.6 Å².